The van der Waals surface area contributed by atoms with E-state index in [1.54, 1.807) is 6.07 Å². The van der Waals surface area contributed by atoms with E-state index in [0.717, 1.165) is 31.5 Å². The number of rotatable bonds is 4. The summed E-state index contributed by atoms with van der Waals surface area (Å²) in [6.45, 7) is 6.08. The first-order valence-corrected chi connectivity index (χ1v) is 7.33. The minimum atomic E-state index is -0.322. The number of aryl methyl sites for hydroxylation is 1. The summed E-state index contributed by atoms with van der Waals surface area (Å²) in [6.07, 6.45) is 2.77. The molecule has 0 saturated carbocycles. The van der Waals surface area contributed by atoms with Crippen molar-refractivity contribution >= 4 is 11.6 Å². The highest BCUT2D eigenvalue weighted by atomic mass is 19.1. The van der Waals surface area contributed by atoms with Crippen LogP contribution in [0.1, 0.15) is 31.7 Å². The van der Waals surface area contributed by atoms with E-state index in [1.807, 2.05) is 6.92 Å². The molecule has 1 heterocycles. The molecule has 0 spiro atoms. The maximum atomic E-state index is 13.2. The van der Waals surface area contributed by atoms with E-state index < -0.39 is 0 Å². The van der Waals surface area contributed by atoms with Crippen molar-refractivity contribution in [1.29, 1.82) is 0 Å². The highest BCUT2D eigenvalue weighted by Gasteiger charge is 2.22. The van der Waals surface area contributed by atoms with Gasteiger partial charge in [-0.1, -0.05) is 13.0 Å². The summed E-state index contributed by atoms with van der Waals surface area (Å²) >= 11 is 0. The van der Waals surface area contributed by atoms with E-state index in [1.165, 1.54) is 12.1 Å². The van der Waals surface area contributed by atoms with Gasteiger partial charge >= 0.3 is 0 Å². The van der Waals surface area contributed by atoms with Crippen LogP contribution >= 0.6 is 0 Å². The Balaban J connectivity index is 1.89. The molecule has 0 aromatic heterocycles. The summed E-state index contributed by atoms with van der Waals surface area (Å²) in [6, 6.07) is 4.46. The zero-order chi connectivity index (χ0) is 14.5. The zero-order valence-electron chi connectivity index (χ0n) is 12.2. The maximum absolute atomic E-state index is 13.2. The number of piperidine rings is 1. The molecular formula is C16H23FN2O. The van der Waals surface area contributed by atoms with E-state index in [2.05, 4.69) is 17.6 Å². The number of amides is 1. The first-order chi connectivity index (χ1) is 9.56. The Hall–Kier alpha value is -1.42. The summed E-state index contributed by atoms with van der Waals surface area (Å²) < 4.78 is 13.2. The van der Waals surface area contributed by atoms with Gasteiger partial charge in [0.2, 0.25) is 5.91 Å². The van der Waals surface area contributed by atoms with Gasteiger partial charge < -0.3 is 10.6 Å². The average molecular weight is 278 g/mol. The van der Waals surface area contributed by atoms with Crippen molar-refractivity contribution in [3.8, 4) is 0 Å². The molecule has 1 atom stereocenters. The Morgan fingerprint density at radius 3 is 2.85 bits per heavy atom. The van der Waals surface area contributed by atoms with Gasteiger partial charge in [0.1, 0.15) is 5.82 Å². The molecule has 1 aromatic rings. The average Bonchev–Trinajstić information content (AvgIpc) is 2.43. The second kappa shape index (κ2) is 6.84. The van der Waals surface area contributed by atoms with Gasteiger partial charge in [-0.3, -0.25) is 4.79 Å². The fourth-order valence-corrected chi connectivity index (χ4v) is 2.80. The number of nitrogens with one attached hydrogen (secondary N) is 2. The standard InChI is InChI=1S/C16H23FN2O/c1-11-3-4-14(17)10-15(11)19-16(20)9-12(2)13-5-7-18-8-6-13/h3-4,10,12-13,18H,5-9H2,1-2H3,(H,19,20). The fraction of sp³-hybridized carbons (Fsp3) is 0.562. The van der Waals surface area contributed by atoms with Crippen LogP contribution < -0.4 is 10.6 Å². The third-order valence-corrected chi connectivity index (χ3v) is 4.17. The van der Waals surface area contributed by atoms with Crippen molar-refractivity contribution in [2.75, 3.05) is 18.4 Å². The van der Waals surface area contributed by atoms with Crippen molar-refractivity contribution in [2.24, 2.45) is 11.8 Å². The van der Waals surface area contributed by atoms with Gasteiger partial charge in [0.05, 0.1) is 0 Å². The van der Waals surface area contributed by atoms with Crippen LogP contribution in [0.25, 0.3) is 0 Å². The van der Waals surface area contributed by atoms with Crippen LogP contribution in [-0.2, 0) is 4.79 Å². The van der Waals surface area contributed by atoms with Gasteiger partial charge in [-0.25, -0.2) is 4.39 Å². The van der Waals surface area contributed by atoms with Gasteiger partial charge in [-0.05, 0) is 62.4 Å². The Morgan fingerprint density at radius 2 is 2.15 bits per heavy atom. The van der Waals surface area contributed by atoms with Crippen LogP contribution in [0, 0.1) is 24.6 Å². The molecule has 1 fully saturated rings. The molecule has 0 radical (unpaired) electrons. The SMILES string of the molecule is Cc1ccc(F)cc1NC(=O)CC(C)C1CCNCC1. The quantitative estimate of drug-likeness (QED) is 0.888. The Labute approximate surface area is 120 Å². The van der Waals surface area contributed by atoms with Crippen LogP contribution in [0.4, 0.5) is 10.1 Å². The summed E-state index contributed by atoms with van der Waals surface area (Å²) in [7, 11) is 0. The van der Waals surface area contributed by atoms with E-state index in [0.29, 0.717) is 23.9 Å². The molecule has 1 unspecified atom stereocenters. The van der Waals surface area contributed by atoms with Gasteiger partial charge in [-0.2, -0.15) is 0 Å². The molecule has 4 heteroatoms. The van der Waals surface area contributed by atoms with Crippen LogP contribution in [0.3, 0.4) is 0 Å². The largest absolute Gasteiger partial charge is 0.326 e. The zero-order valence-corrected chi connectivity index (χ0v) is 12.2. The summed E-state index contributed by atoms with van der Waals surface area (Å²) in [5, 5.41) is 6.16. The van der Waals surface area contributed by atoms with Gasteiger partial charge in [0.25, 0.3) is 0 Å². The predicted molar refractivity (Wildman–Crippen MR) is 79.1 cm³/mol. The number of hydrogen-bond acceptors (Lipinski definition) is 2. The molecule has 2 rings (SSSR count). The summed E-state index contributed by atoms with van der Waals surface area (Å²) in [4.78, 5) is 12.1. The number of carbonyl (C=O) groups excluding carboxylic acids is 1. The molecular weight excluding hydrogens is 255 g/mol. The molecule has 1 aliphatic rings. The van der Waals surface area contributed by atoms with Crippen molar-refractivity contribution in [3.05, 3.63) is 29.6 Å². The van der Waals surface area contributed by atoms with Gasteiger partial charge in [0, 0.05) is 12.1 Å². The van der Waals surface area contributed by atoms with Crippen molar-refractivity contribution < 1.29 is 9.18 Å². The first kappa shape index (κ1) is 15.0. The minimum Gasteiger partial charge on any atom is -0.326 e. The highest BCUT2D eigenvalue weighted by Crippen LogP contribution is 2.25. The Kier molecular flexibility index (Phi) is 5.12. The Morgan fingerprint density at radius 1 is 1.45 bits per heavy atom. The molecule has 20 heavy (non-hydrogen) atoms. The van der Waals surface area contributed by atoms with E-state index >= 15 is 0 Å². The molecule has 1 aliphatic heterocycles. The normalized spacial score (nSPS) is 17.8. The first-order valence-electron chi connectivity index (χ1n) is 7.33. The van der Waals surface area contributed by atoms with Crippen molar-refractivity contribution in [3.63, 3.8) is 0 Å². The smallest absolute Gasteiger partial charge is 0.224 e. The van der Waals surface area contributed by atoms with Gasteiger partial charge in [-0.15, -0.1) is 0 Å². The molecule has 1 amide bonds. The van der Waals surface area contributed by atoms with Crippen LogP contribution in [0.2, 0.25) is 0 Å². The van der Waals surface area contributed by atoms with Crippen molar-refractivity contribution in [1.82, 2.24) is 5.32 Å². The predicted octanol–water partition coefficient (Wildman–Crippen LogP) is 3.10. The lowest BCUT2D eigenvalue weighted by atomic mass is 9.84. The van der Waals surface area contributed by atoms with Crippen LogP contribution in [0.5, 0.6) is 0 Å². The van der Waals surface area contributed by atoms with Crippen molar-refractivity contribution in [2.45, 2.75) is 33.1 Å². The molecule has 3 nitrogen and oxygen atoms in total. The molecule has 0 bridgehead atoms. The fourth-order valence-electron chi connectivity index (χ4n) is 2.80. The molecule has 1 aromatic carbocycles. The van der Waals surface area contributed by atoms with Gasteiger partial charge in [0.15, 0.2) is 0 Å². The molecule has 110 valence electrons. The van der Waals surface area contributed by atoms with E-state index in [4.69, 9.17) is 0 Å². The maximum Gasteiger partial charge on any atom is 0.224 e. The number of hydrogen-bond donors (Lipinski definition) is 2. The second-order valence-electron chi connectivity index (χ2n) is 5.78. The molecule has 0 aliphatic carbocycles. The Bertz CT molecular complexity index is 470. The lowest BCUT2D eigenvalue weighted by Gasteiger charge is -2.27. The minimum absolute atomic E-state index is 0.0234. The molecule has 1 saturated heterocycles. The topological polar surface area (TPSA) is 41.1 Å². The number of anilines is 1. The highest BCUT2D eigenvalue weighted by molar-refractivity contribution is 5.91. The van der Waals surface area contributed by atoms with E-state index in [9.17, 15) is 9.18 Å². The van der Waals surface area contributed by atoms with E-state index in [-0.39, 0.29) is 11.7 Å². The third kappa shape index (κ3) is 4.04. The summed E-state index contributed by atoms with van der Waals surface area (Å²) in [5.41, 5.74) is 1.46. The number of carbonyl (C=O) groups is 1. The number of halogens is 1. The van der Waals surface area contributed by atoms with Crippen LogP contribution in [0.15, 0.2) is 18.2 Å². The molecule has 2 N–H and O–H groups in total. The number of benzene rings is 1. The lowest BCUT2D eigenvalue weighted by Crippen LogP contribution is -2.32. The third-order valence-electron chi connectivity index (χ3n) is 4.17. The monoisotopic (exact) mass is 278 g/mol. The van der Waals surface area contributed by atoms with Crippen LogP contribution in [-0.4, -0.2) is 19.0 Å². The lowest BCUT2D eigenvalue weighted by molar-refractivity contribution is -0.117. The second-order valence-corrected chi connectivity index (χ2v) is 5.78. The summed E-state index contributed by atoms with van der Waals surface area (Å²) in [5.74, 6) is 0.628.